The monoisotopic (exact) mass is 217 g/mol. The van der Waals surface area contributed by atoms with Gasteiger partial charge in [0.05, 0.1) is 0 Å². The van der Waals surface area contributed by atoms with Crippen molar-refractivity contribution in [2.45, 2.75) is 18.9 Å². The van der Waals surface area contributed by atoms with E-state index in [1.165, 1.54) is 0 Å². The summed E-state index contributed by atoms with van der Waals surface area (Å²) in [5.74, 6) is 0.392. The van der Waals surface area contributed by atoms with Gasteiger partial charge in [0.2, 0.25) is 0 Å². The molecule has 1 aliphatic rings. The smallest absolute Gasteiger partial charge is 0.345 e. The molecule has 0 fully saturated rings. The van der Waals surface area contributed by atoms with E-state index in [4.69, 9.17) is 5.73 Å². The predicted octanol–water partition coefficient (Wildman–Crippen LogP) is 1.41. The molecule has 4 nitrogen and oxygen atoms in total. The quantitative estimate of drug-likeness (QED) is 0.814. The van der Waals surface area contributed by atoms with E-state index in [0.717, 1.165) is 5.56 Å². The van der Waals surface area contributed by atoms with E-state index < -0.39 is 5.54 Å². The summed E-state index contributed by atoms with van der Waals surface area (Å²) in [7, 11) is 1.73. The Kier molecular flexibility index (Phi) is 2.42. The number of likely N-dealkylation sites (N-methyl/N-ethyl adjacent to an activating group) is 1. The van der Waals surface area contributed by atoms with E-state index in [9.17, 15) is 4.79 Å². The van der Waals surface area contributed by atoms with Crippen LogP contribution in [-0.2, 0) is 6.42 Å². The number of nitrogens with zero attached hydrogens (tertiary/aromatic N) is 2. The molecule has 0 saturated carbocycles. The van der Waals surface area contributed by atoms with Crippen LogP contribution in [0.5, 0.6) is 0 Å². The highest BCUT2D eigenvalue weighted by Crippen LogP contribution is 2.25. The van der Waals surface area contributed by atoms with Crippen LogP contribution in [0, 0.1) is 0 Å². The maximum absolute atomic E-state index is 11.4. The summed E-state index contributed by atoms with van der Waals surface area (Å²) in [5.41, 5.74) is 6.47. The van der Waals surface area contributed by atoms with Crippen LogP contribution in [-0.4, -0.2) is 29.4 Å². The van der Waals surface area contributed by atoms with Crippen LogP contribution in [0.1, 0.15) is 12.5 Å². The van der Waals surface area contributed by atoms with E-state index in [2.05, 4.69) is 4.99 Å². The van der Waals surface area contributed by atoms with E-state index in [-0.39, 0.29) is 6.03 Å². The van der Waals surface area contributed by atoms with Crippen molar-refractivity contribution in [3.63, 3.8) is 0 Å². The molecule has 1 heterocycles. The fourth-order valence-electron chi connectivity index (χ4n) is 1.88. The van der Waals surface area contributed by atoms with E-state index in [1.54, 1.807) is 11.9 Å². The predicted molar refractivity (Wildman–Crippen MR) is 63.3 cm³/mol. The number of hydrogen-bond donors (Lipinski definition) is 1. The molecule has 0 bridgehead atoms. The SMILES string of the molecule is CN1C(=O)N=C(N)[C@]1(C)Cc1ccccc1. The van der Waals surface area contributed by atoms with Gasteiger partial charge in [-0.25, -0.2) is 4.79 Å². The first kappa shape index (κ1) is 10.7. The van der Waals surface area contributed by atoms with E-state index in [0.29, 0.717) is 12.3 Å². The minimum Gasteiger partial charge on any atom is -0.385 e. The number of rotatable bonds is 2. The topological polar surface area (TPSA) is 58.7 Å². The second-order valence-corrected chi connectivity index (χ2v) is 4.27. The lowest BCUT2D eigenvalue weighted by Crippen LogP contribution is -2.51. The lowest BCUT2D eigenvalue weighted by molar-refractivity contribution is 0.197. The number of nitrogens with two attached hydrogens (primary N) is 1. The highest BCUT2D eigenvalue weighted by molar-refractivity contribution is 6.05. The molecule has 2 amide bonds. The van der Waals surface area contributed by atoms with Gasteiger partial charge in [-0.15, -0.1) is 0 Å². The van der Waals surface area contributed by atoms with Crippen molar-refractivity contribution in [1.82, 2.24) is 4.90 Å². The van der Waals surface area contributed by atoms with Crippen LogP contribution >= 0.6 is 0 Å². The van der Waals surface area contributed by atoms with Gasteiger partial charge >= 0.3 is 6.03 Å². The summed E-state index contributed by atoms with van der Waals surface area (Å²) < 4.78 is 0. The standard InChI is InChI=1S/C12H15N3O/c1-12(8-9-6-4-3-5-7-9)10(13)14-11(16)15(12)2/h3-7H,8H2,1-2H3,(H2,13,14,16)/t12-/m0/s1. The second-order valence-electron chi connectivity index (χ2n) is 4.27. The average molecular weight is 217 g/mol. The van der Waals surface area contributed by atoms with Gasteiger partial charge in [-0.05, 0) is 12.5 Å². The van der Waals surface area contributed by atoms with Crippen LogP contribution in [0.4, 0.5) is 4.79 Å². The van der Waals surface area contributed by atoms with Gasteiger partial charge in [-0.1, -0.05) is 30.3 Å². The second kappa shape index (κ2) is 3.63. The molecule has 0 saturated heterocycles. The third-order valence-electron chi connectivity index (χ3n) is 3.19. The van der Waals surface area contributed by atoms with Crippen molar-refractivity contribution < 1.29 is 4.79 Å². The molecule has 0 aliphatic carbocycles. The number of aliphatic imine (C=N–C) groups is 1. The first-order valence-electron chi connectivity index (χ1n) is 5.20. The van der Waals surface area contributed by atoms with Crippen molar-refractivity contribution in [3.8, 4) is 0 Å². The van der Waals surface area contributed by atoms with Crippen molar-refractivity contribution >= 4 is 11.9 Å². The van der Waals surface area contributed by atoms with Gasteiger partial charge in [0.1, 0.15) is 11.4 Å². The molecule has 4 heteroatoms. The highest BCUT2D eigenvalue weighted by atomic mass is 16.2. The zero-order valence-corrected chi connectivity index (χ0v) is 9.47. The fraction of sp³-hybridized carbons (Fsp3) is 0.333. The summed E-state index contributed by atoms with van der Waals surface area (Å²) in [6, 6.07) is 9.69. The fourth-order valence-corrected chi connectivity index (χ4v) is 1.88. The van der Waals surface area contributed by atoms with Crippen molar-refractivity contribution in [2.75, 3.05) is 7.05 Å². The molecular formula is C12H15N3O. The number of benzene rings is 1. The summed E-state index contributed by atoms with van der Waals surface area (Å²) in [5, 5.41) is 0. The van der Waals surface area contributed by atoms with Gasteiger partial charge in [0, 0.05) is 13.5 Å². The maximum atomic E-state index is 11.4. The number of urea groups is 1. The largest absolute Gasteiger partial charge is 0.385 e. The van der Waals surface area contributed by atoms with E-state index >= 15 is 0 Å². The Balaban J connectivity index is 2.28. The van der Waals surface area contributed by atoms with Crippen molar-refractivity contribution in [3.05, 3.63) is 35.9 Å². The van der Waals surface area contributed by atoms with Crippen molar-refractivity contribution in [2.24, 2.45) is 10.7 Å². The molecule has 0 aromatic heterocycles. The van der Waals surface area contributed by atoms with Crippen LogP contribution in [0.15, 0.2) is 35.3 Å². The molecule has 1 aromatic rings. The lowest BCUT2D eigenvalue weighted by atomic mass is 9.91. The molecule has 0 spiro atoms. The first-order valence-corrected chi connectivity index (χ1v) is 5.20. The minimum absolute atomic E-state index is 0.268. The first-order chi connectivity index (χ1) is 7.54. The molecule has 1 atom stereocenters. The lowest BCUT2D eigenvalue weighted by Gasteiger charge is -2.31. The highest BCUT2D eigenvalue weighted by Gasteiger charge is 2.42. The molecule has 16 heavy (non-hydrogen) atoms. The molecule has 1 aromatic carbocycles. The number of amidine groups is 1. The molecule has 0 radical (unpaired) electrons. The Bertz CT molecular complexity index is 441. The molecule has 2 N–H and O–H groups in total. The van der Waals surface area contributed by atoms with Crippen LogP contribution in [0.2, 0.25) is 0 Å². The van der Waals surface area contributed by atoms with Crippen LogP contribution < -0.4 is 5.73 Å². The van der Waals surface area contributed by atoms with Gasteiger partial charge < -0.3 is 10.6 Å². The molecule has 1 aliphatic heterocycles. The number of hydrogen-bond acceptors (Lipinski definition) is 2. The van der Waals surface area contributed by atoms with Gasteiger partial charge in [0.15, 0.2) is 0 Å². The average Bonchev–Trinajstić information content (AvgIpc) is 2.45. The van der Waals surface area contributed by atoms with Gasteiger partial charge in [-0.2, -0.15) is 4.99 Å². The Morgan fingerprint density at radius 1 is 1.38 bits per heavy atom. The molecule has 0 unspecified atom stereocenters. The Morgan fingerprint density at radius 3 is 2.50 bits per heavy atom. The van der Waals surface area contributed by atoms with Crippen LogP contribution in [0.25, 0.3) is 0 Å². The Hall–Kier alpha value is -1.84. The van der Waals surface area contributed by atoms with Crippen LogP contribution in [0.3, 0.4) is 0 Å². The zero-order chi connectivity index (χ0) is 11.8. The summed E-state index contributed by atoms with van der Waals surface area (Å²) >= 11 is 0. The normalized spacial score (nSPS) is 24.8. The molecule has 84 valence electrons. The summed E-state index contributed by atoms with van der Waals surface area (Å²) in [6.45, 7) is 1.93. The maximum Gasteiger partial charge on any atom is 0.345 e. The number of carbonyl (C=O) groups excluding carboxylic acids is 1. The third-order valence-corrected chi connectivity index (χ3v) is 3.19. The summed E-state index contributed by atoms with van der Waals surface area (Å²) in [6.07, 6.45) is 0.686. The van der Waals surface area contributed by atoms with Gasteiger partial charge in [0.25, 0.3) is 0 Å². The minimum atomic E-state index is -0.502. The Morgan fingerprint density at radius 2 is 2.00 bits per heavy atom. The zero-order valence-electron chi connectivity index (χ0n) is 9.47. The Labute approximate surface area is 94.8 Å². The third kappa shape index (κ3) is 1.56. The van der Waals surface area contributed by atoms with E-state index in [1.807, 2.05) is 37.3 Å². The summed E-state index contributed by atoms with van der Waals surface area (Å²) in [4.78, 5) is 16.8. The van der Waals surface area contributed by atoms with Crippen molar-refractivity contribution in [1.29, 1.82) is 0 Å². The number of carbonyl (C=O) groups is 1. The van der Waals surface area contributed by atoms with Gasteiger partial charge in [-0.3, -0.25) is 0 Å². The molecular weight excluding hydrogens is 202 g/mol. The number of amides is 2. The molecule has 2 rings (SSSR count).